The number of anilines is 1. The Morgan fingerprint density at radius 2 is 1.87 bits per heavy atom. The zero-order valence-corrected chi connectivity index (χ0v) is 18.2. The fraction of sp³-hybridized carbons (Fsp3) is 0.348. The molecular weight excluding hydrogens is 418 g/mol. The summed E-state index contributed by atoms with van der Waals surface area (Å²) in [7, 11) is 1.58. The fourth-order valence-electron chi connectivity index (χ4n) is 3.52. The van der Waals surface area contributed by atoms with Crippen LogP contribution in [-0.2, 0) is 9.53 Å². The normalized spacial score (nSPS) is 15.9. The number of halogens is 1. The highest BCUT2D eigenvalue weighted by Gasteiger charge is 2.28. The van der Waals surface area contributed by atoms with Crippen LogP contribution in [0.5, 0.6) is 0 Å². The van der Waals surface area contributed by atoms with Gasteiger partial charge in [-0.3, -0.25) is 14.4 Å². The van der Waals surface area contributed by atoms with Gasteiger partial charge in [-0.1, -0.05) is 23.7 Å². The molecule has 0 bridgehead atoms. The Hall–Kier alpha value is -2.90. The topological polar surface area (TPSA) is 87.7 Å². The second kappa shape index (κ2) is 10.9. The number of methoxy groups -OCH3 is 1. The first-order valence-electron chi connectivity index (χ1n) is 10.2. The van der Waals surface area contributed by atoms with E-state index in [9.17, 15) is 14.4 Å². The van der Waals surface area contributed by atoms with Crippen molar-refractivity contribution in [2.75, 3.05) is 38.7 Å². The Labute approximate surface area is 186 Å². The number of hydrogen-bond donors (Lipinski definition) is 2. The monoisotopic (exact) mass is 443 g/mol. The summed E-state index contributed by atoms with van der Waals surface area (Å²) in [4.78, 5) is 39.3. The molecule has 31 heavy (non-hydrogen) atoms. The minimum atomic E-state index is -0.317. The average molecular weight is 444 g/mol. The molecule has 1 aliphatic rings. The Bertz CT molecular complexity index is 933. The lowest BCUT2D eigenvalue weighted by molar-refractivity contribution is -0.126. The predicted octanol–water partition coefficient (Wildman–Crippen LogP) is 3.21. The maximum atomic E-state index is 12.9. The molecule has 0 aromatic heterocycles. The molecular formula is C23H26ClN3O4. The average Bonchev–Trinajstić information content (AvgIpc) is 2.79. The summed E-state index contributed by atoms with van der Waals surface area (Å²) in [6, 6.07) is 13.5. The number of ether oxygens (including phenoxy) is 1. The highest BCUT2D eigenvalue weighted by atomic mass is 35.5. The first kappa shape index (κ1) is 22.8. The van der Waals surface area contributed by atoms with Crippen LogP contribution in [0.15, 0.2) is 48.5 Å². The summed E-state index contributed by atoms with van der Waals surface area (Å²) in [5.41, 5.74) is 1.46. The number of rotatable bonds is 7. The lowest BCUT2D eigenvalue weighted by atomic mass is 9.96. The fourth-order valence-corrected chi connectivity index (χ4v) is 3.74. The van der Waals surface area contributed by atoms with Gasteiger partial charge in [-0.25, -0.2) is 0 Å². The van der Waals surface area contributed by atoms with Crippen LogP contribution in [0.25, 0.3) is 0 Å². The molecule has 2 N–H and O–H groups in total. The highest BCUT2D eigenvalue weighted by molar-refractivity contribution is 6.34. The van der Waals surface area contributed by atoms with Crippen molar-refractivity contribution in [2.45, 2.75) is 12.8 Å². The molecule has 8 heteroatoms. The van der Waals surface area contributed by atoms with Crippen molar-refractivity contribution in [1.29, 1.82) is 0 Å². The van der Waals surface area contributed by atoms with E-state index in [1.54, 1.807) is 60.5 Å². The number of nitrogens with one attached hydrogen (secondary N) is 2. The predicted molar refractivity (Wildman–Crippen MR) is 119 cm³/mol. The van der Waals surface area contributed by atoms with Crippen LogP contribution in [0.2, 0.25) is 5.02 Å². The van der Waals surface area contributed by atoms with Gasteiger partial charge >= 0.3 is 0 Å². The number of likely N-dealkylation sites (tertiary alicyclic amines) is 1. The number of hydrogen-bond acceptors (Lipinski definition) is 4. The number of amides is 3. The lowest BCUT2D eigenvalue weighted by Crippen LogP contribution is -2.45. The minimum absolute atomic E-state index is 0.0489. The van der Waals surface area contributed by atoms with Crippen molar-refractivity contribution < 1.29 is 19.1 Å². The van der Waals surface area contributed by atoms with Gasteiger partial charge in [-0.15, -0.1) is 0 Å². The van der Waals surface area contributed by atoms with Crippen molar-refractivity contribution in [3.63, 3.8) is 0 Å². The lowest BCUT2D eigenvalue weighted by Gasteiger charge is -2.32. The molecule has 1 unspecified atom stereocenters. The number of carbonyl (C=O) groups excluding carboxylic acids is 3. The van der Waals surface area contributed by atoms with Crippen molar-refractivity contribution in [1.82, 2.24) is 10.2 Å². The molecule has 0 saturated carbocycles. The van der Waals surface area contributed by atoms with Gasteiger partial charge in [0.15, 0.2) is 0 Å². The Balaban J connectivity index is 1.59. The zero-order chi connectivity index (χ0) is 22.2. The third-order valence-electron chi connectivity index (χ3n) is 5.19. The van der Waals surface area contributed by atoms with E-state index in [1.165, 1.54) is 0 Å². The van der Waals surface area contributed by atoms with E-state index in [1.807, 2.05) is 0 Å². The van der Waals surface area contributed by atoms with E-state index in [4.69, 9.17) is 16.3 Å². The molecule has 0 aliphatic carbocycles. The quantitative estimate of drug-likeness (QED) is 0.643. The van der Waals surface area contributed by atoms with Crippen LogP contribution < -0.4 is 10.6 Å². The molecule has 2 aromatic carbocycles. The van der Waals surface area contributed by atoms with Gasteiger partial charge in [0.05, 0.1) is 23.1 Å². The summed E-state index contributed by atoms with van der Waals surface area (Å²) in [6.45, 7) is 1.93. The molecule has 0 spiro atoms. The molecule has 164 valence electrons. The third-order valence-corrected chi connectivity index (χ3v) is 5.52. The Morgan fingerprint density at radius 3 is 2.58 bits per heavy atom. The second-order valence-corrected chi connectivity index (χ2v) is 7.79. The molecule has 1 aliphatic heterocycles. The number of piperidine rings is 1. The van der Waals surface area contributed by atoms with Crippen molar-refractivity contribution >= 4 is 35.0 Å². The molecule has 1 saturated heterocycles. The zero-order valence-electron chi connectivity index (χ0n) is 17.4. The molecule has 1 heterocycles. The number of carbonyl (C=O) groups is 3. The standard InChI is InChI=1S/C23H26ClN3O4/c1-31-14-12-25-21(28)17-5-4-13-27(15-17)23(30)16-8-10-18(11-9-16)26-22(29)19-6-2-3-7-20(19)24/h2-3,6-11,17H,4-5,12-15H2,1H3,(H,25,28)(H,26,29). The number of benzene rings is 2. The smallest absolute Gasteiger partial charge is 0.257 e. The van der Waals surface area contributed by atoms with Crippen LogP contribution >= 0.6 is 11.6 Å². The van der Waals surface area contributed by atoms with E-state index in [-0.39, 0.29) is 23.6 Å². The summed E-state index contributed by atoms with van der Waals surface area (Å²) < 4.78 is 4.95. The second-order valence-electron chi connectivity index (χ2n) is 7.39. The van der Waals surface area contributed by atoms with E-state index in [0.717, 1.165) is 12.8 Å². The summed E-state index contributed by atoms with van der Waals surface area (Å²) in [6.07, 6.45) is 1.54. The van der Waals surface area contributed by atoms with Crippen LogP contribution in [0.1, 0.15) is 33.6 Å². The molecule has 1 fully saturated rings. The Kier molecular flexibility index (Phi) is 8.03. The Morgan fingerprint density at radius 1 is 1.13 bits per heavy atom. The largest absolute Gasteiger partial charge is 0.383 e. The van der Waals surface area contributed by atoms with E-state index >= 15 is 0 Å². The maximum Gasteiger partial charge on any atom is 0.257 e. The van der Waals surface area contributed by atoms with E-state index in [2.05, 4.69) is 10.6 Å². The van der Waals surface area contributed by atoms with Crippen LogP contribution in [-0.4, -0.2) is 56.0 Å². The van der Waals surface area contributed by atoms with Crippen molar-refractivity contribution in [2.24, 2.45) is 5.92 Å². The molecule has 3 amide bonds. The first-order valence-corrected chi connectivity index (χ1v) is 10.6. The van der Waals surface area contributed by atoms with Crippen molar-refractivity contribution in [3.05, 3.63) is 64.7 Å². The van der Waals surface area contributed by atoms with Gasteiger partial charge in [0.25, 0.3) is 11.8 Å². The van der Waals surface area contributed by atoms with Gasteiger partial charge < -0.3 is 20.3 Å². The van der Waals surface area contributed by atoms with E-state index in [0.29, 0.717) is 48.1 Å². The van der Waals surface area contributed by atoms with Crippen LogP contribution in [0.4, 0.5) is 5.69 Å². The summed E-state index contributed by atoms with van der Waals surface area (Å²) in [5.74, 6) is -0.711. The van der Waals surface area contributed by atoms with Crippen LogP contribution in [0.3, 0.4) is 0 Å². The molecule has 2 aromatic rings. The first-order chi connectivity index (χ1) is 15.0. The van der Waals surface area contributed by atoms with Gasteiger partial charge in [0.1, 0.15) is 0 Å². The molecule has 1 atom stereocenters. The van der Waals surface area contributed by atoms with Gasteiger partial charge in [-0.05, 0) is 49.2 Å². The SMILES string of the molecule is COCCNC(=O)C1CCCN(C(=O)c2ccc(NC(=O)c3ccccc3Cl)cc2)C1. The van der Waals surface area contributed by atoms with Gasteiger partial charge in [0, 0.05) is 38.0 Å². The van der Waals surface area contributed by atoms with Gasteiger partial charge in [0.2, 0.25) is 5.91 Å². The third kappa shape index (κ3) is 6.06. The maximum absolute atomic E-state index is 12.9. The number of nitrogens with zero attached hydrogens (tertiary/aromatic N) is 1. The molecule has 7 nitrogen and oxygen atoms in total. The highest BCUT2D eigenvalue weighted by Crippen LogP contribution is 2.21. The summed E-state index contributed by atoms with van der Waals surface area (Å²) >= 11 is 6.06. The molecule has 3 rings (SSSR count). The van der Waals surface area contributed by atoms with E-state index < -0.39 is 0 Å². The van der Waals surface area contributed by atoms with Gasteiger partial charge in [-0.2, -0.15) is 0 Å². The van der Waals surface area contributed by atoms with Crippen LogP contribution in [0, 0.1) is 5.92 Å². The summed E-state index contributed by atoms with van der Waals surface area (Å²) in [5, 5.41) is 6.00. The van der Waals surface area contributed by atoms with Crippen molar-refractivity contribution in [3.8, 4) is 0 Å². The molecule has 0 radical (unpaired) electrons. The minimum Gasteiger partial charge on any atom is -0.383 e.